The molecule has 26 heteroatoms. The van der Waals surface area contributed by atoms with Gasteiger partial charge in [-0.15, -0.1) is 0 Å². The minimum Gasteiger partial charge on any atom is -0.401 e. The minimum atomic E-state index is -1.57. The van der Waals surface area contributed by atoms with Crippen molar-refractivity contribution in [3.63, 3.8) is 0 Å². The first-order valence-electron chi connectivity index (χ1n) is 26.6. The molecule has 0 radical (unpaired) electrons. The summed E-state index contributed by atoms with van der Waals surface area (Å²) in [6.45, 7) is 4.86. The standard InChI is InChI=1S/C55H75ClN16O9/c1-32(57)39-19-10-24-62-47(74)23-22-43(69-48(75)41(66-33(2)73)20-11-25-63-54(58)59)50(77)72-46(31-81-30-34-13-4-3-5-14-34)53(80)71-44(27-35-15-6-8-17-38(35)56)52(79)68-42(21-12-26-64-55(60)61)49(76)70-45(51(78)67-39)28-36-29-65-40-18-9-7-16-37(36)40/h3-9,13-18,29,39,41-46,65H,1,10-12,19-28,30-31,57H2,2H3,(H,62,74)(H,66,73)(H,67,78)(H,68,79)(H,69,75)(H,70,76)(H,71,80)(H,72,77)(H4,58,59,63)(H4,60,61,64)/t39?,41-,42-,43-,44+,45-,46-/m0/s1. The van der Waals surface area contributed by atoms with Crippen LogP contribution in [0.5, 0.6) is 0 Å². The molecule has 1 aliphatic rings. The number of H-pyrrole nitrogens is 1. The van der Waals surface area contributed by atoms with Crippen LogP contribution in [0.2, 0.25) is 5.02 Å². The van der Waals surface area contributed by atoms with Crippen LogP contribution in [0.4, 0.5) is 0 Å². The highest BCUT2D eigenvalue weighted by atomic mass is 35.5. The first-order valence-corrected chi connectivity index (χ1v) is 27.0. The molecule has 2 heterocycles. The van der Waals surface area contributed by atoms with Crippen LogP contribution in [0.3, 0.4) is 0 Å². The number of para-hydroxylation sites is 1. The Morgan fingerprint density at radius 3 is 1.99 bits per heavy atom. The predicted molar refractivity (Wildman–Crippen MR) is 307 cm³/mol. The van der Waals surface area contributed by atoms with Gasteiger partial charge in [-0.3, -0.25) is 48.3 Å². The number of hydrogen-bond acceptors (Lipinski definition) is 12. The molecule has 1 aromatic heterocycles. The van der Waals surface area contributed by atoms with Gasteiger partial charge in [-0.1, -0.05) is 84.9 Å². The van der Waals surface area contributed by atoms with Crippen LogP contribution in [-0.4, -0.2) is 133 Å². The topological polar surface area (TPSA) is 413 Å². The van der Waals surface area contributed by atoms with Crippen molar-refractivity contribution in [2.45, 2.75) is 120 Å². The van der Waals surface area contributed by atoms with Crippen LogP contribution >= 0.6 is 11.6 Å². The molecule has 5 rings (SSSR count). The molecular weight excluding hydrogens is 1060 g/mol. The van der Waals surface area contributed by atoms with E-state index in [-0.39, 0.29) is 113 Å². The van der Waals surface area contributed by atoms with Crippen molar-refractivity contribution in [3.05, 3.63) is 119 Å². The minimum absolute atomic E-state index is 0.0152. The molecule has 1 fully saturated rings. The van der Waals surface area contributed by atoms with Crippen LogP contribution in [0.15, 0.2) is 107 Å². The van der Waals surface area contributed by atoms with E-state index in [4.69, 9.17) is 45.0 Å². The van der Waals surface area contributed by atoms with Gasteiger partial charge >= 0.3 is 0 Å². The van der Waals surface area contributed by atoms with Gasteiger partial charge in [0, 0.05) is 73.6 Å². The number of halogens is 1. The lowest BCUT2D eigenvalue weighted by Gasteiger charge is -2.28. The van der Waals surface area contributed by atoms with Crippen LogP contribution in [0.1, 0.15) is 75.0 Å². The van der Waals surface area contributed by atoms with Crippen molar-refractivity contribution >= 4 is 81.7 Å². The third kappa shape index (κ3) is 21.5. The first-order chi connectivity index (χ1) is 38.8. The molecule has 1 aliphatic heterocycles. The molecule has 81 heavy (non-hydrogen) atoms. The Labute approximate surface area is 474 Å². The zero-order valence-electron chi connectivity index (χ0n) is 45.3. The number of benzene rings is 3. The predicted octanol–water partition coefficient (Wildman–Crippen LogP) is -0.493. The average molecular weight is 1140 g/mol. The maximum absolute atomic E-state index is 14.9. The number of nitrogens with two attached hydrogens (primary N) is 5. The summed E-state index contributed by atoms with van der Waals surface area (Å²) < 4.78 is 6.01. The second-order valence-corrected chi connectivity index (χ2v) is 19.9. The van der Waals surface area contributed by atoms with Crippen molar-refractivity contribution in [1.29, 1.82) is 0 Å². The monoisotopic (exact) mass is 1140 g/mol. The quantitative estimate of drug-likeness (QED) is 0.0302. The van der Waals surface area contributed by atoms with Gasteiger partial charge in [0.25, 0.3) is 0 Å². The first kappa shape index (κ1) is 63.1. The Hall–Kier alpha value is -8.71. The van der Waals surface area contributed by atoms with Crippen LogP contribution < -0.4 is 71.2 Å². The van der Waals surface area contributed by atoms with E-state index in [1.54, 1.807) is 54.7 Å². The van der Waals surface area contributed by atoms with Crippen molar-refractivity contribution in [1.82, 2.24) is 47.5 Å². The Bertz CT molecular complexity index is 2880. The fourth-order valence-electron chi connectivity index (χ4n) is 8.82. The Morgan fingerprint density at radius 1 is 0.716 bits per heavy atom. The Balaban J connectivity index is 1.57. The molecule has 0 aliphatic carbocycles. The zero-order chi connectivity index (χ0) is 58.8. The van der Waals surface area contributed by atoms with E-state index >= 15 is 0 Å². The highest BCUT2D eigenvalue weighted by molar-refractivity contribution is 6.31. The lowest BCUT2D eigenvalue weighted by molar-refractivity contribution is -0.136. The van der Waals surface area contributed by atoms with E-state index in [1.165, 1.54) is 6.92 Å². The third-order valence-corrected chi connectivity index (χ3v) is 13.4. The number of aliphatic imine (C=N–C) groups is 2. The average Bonchev–Trinajstić information content (AvgIpc) is 3.88. The molecule has 436 valence electrons. The molecule has 0 saturated carbocycles. The number of aromatic nitrogens is 1. The maximum Gasteiger partial charge on any atom is 0.245 e. The van der Waals surface area contributed by atoms with Crippen LogP contribution in [-0.2, 0) is 62.5 Å². The molecule has 25 nitrogen and oxygen atoms in total. The van der Waals surface area contributed by atoms with E-state index in [9.17, 15) is 38.4 Å². The van der Waals surface area contributed by atoms with Gasteiger partial charge in [0.05, 0.1) is 19.3 Å². The van der Waals surface area contributed by atoms with Gasteiger partial charge in [-0.05, 0) is 73.8 Å². The van der Waals surface area contributed by atoms with E-state index in [1.807, 2.05) is 30.3 Å². The highest BCUT2D eigenvalue weighted by Crippen LogP contribution is 2.21. The number of rotatable bonds is 20. The SMILES string of the molecule is C=C(N)C1CCCNC(=O)CC[C@H](NC(=O)[C@H](CCCN=C(N)N)NC(C)=O)C(=O)N[C@@H](COCc2ccccc2)C(=O)N[C@H](Cc2ccccc2Cl)C(=O)N[C@@H](CCCN=C(N)N)C(=O)N[C@@H](Cc2c[nH]c3ccccc23)C(=O)N1. The van der Waals surface area contributed by atoms with Gasteiger partial charge in [-0.25, -0.2) is 0 Å². The molecule has 4 aromatic rings. The number of amides is 8. The normalized spacial score (nSPS) is 20.4. The number of aromatic amines is 1. The maximum atomic E-state index is 14.9. The molecule has 3 aromatic carbocycles. The molecular formula is C55H75ClN16O9. The van der Waals surface area contributed by atoms with E-state index in [0.29, 0.717) is 11.1 Å². The summed E-state index contributed by atoms with van der Waals surface area (Å²) in [7, 11) is 0. The van der Waals surface area contributed by atoms with E-state index in [2.05, 4.69) is 64.1 Å². The molecule has 1 unspecified atom stereocenters. The number of ether oxygens (including phenoxy) is 1. The second-order valence-electron chi connectivity index (χ2n) is 19.5. The number of guanidine groups is 2. The molecule has 19 N–H and O–H groups in total. The number of hydrogen-bond donors (Lipinski definition) is 14. The molecule has 7 atom stereocenters. The summed E-state index contributed by atoms with van der Waals surface area (Å²) in [6.07, 6.45) is 1.71. The molecule has 1 saturated heterocycles. The number of nitrogens with zero attached hydrogens (tertiary/aromatic N) is 2. The smallest absolute Gasteiger partial charge is 0.245 e. The summed E-state index contributed by atoms with van der Waals surface area (Å²) in [5.41, 5.74) is 31.2. The summed E-state index contributed by atoms with van der Waals surface area (Å²) in [6, 6.07) is 13.7. The second kappa shape index (κ2) is 32.4. The largest absolute Gasteiger partial charge is 0.401 e. The number of carbonyl (C=O) groups is 8. The van der Waals surface area contributed by atoms with Crippen LogP contribution in [0, 0.1) is 0 Å². The number of nitrogens with one attached hydrogen (secondary N) is 9. The van der Waals surface area contributed by atoms with E-state index in [0.717, 1.165) is 16.5 Å². The fourth-order valence-corrected chi connectivity index (χ4v) is 9.03. The molecule has 8 amide bonds. The third-order valence-electron chi connectivity index (χ3n) is 13.0. The summed E-state index contributed by atoms with van der Waals surface area (Å²) in [5.74, 6) is -6.37. The summed E-state index contributed by atoms with van der Waals surface area (Å²) in [4.78, 5) is 125. The Morgan fingerprint density at radius 2 is 1.31 bits per heavy atom. The zero-order valence-corrected chi connectivity index (χ0v) is 46.0. The lowest BCUT2D eigenvalue weighted by atomic mass is 10.0. The van der Waals surface area contributed by atoms with Crippen molar-refractivity contribution in [2.24, 2.45) is 38.7 Å². The van der Waals surface area contributed by atoms with Gasteiger partial charge < -0.3 is 80.9 Å². The van der Waals surface area contributed by atoms with E-state index < -0.39 is 96.2 Å². The van der Waals surface area contributed by atoms with Crippen molar-refractivity contribution in [3.8, 4) is 0 Å². The van der Waals surface area contributed by atoms with Gasteiger partial charge in [-0.2, -0.15) is 0 Å². The number of carbonyl (C=O) groups excluding carboxylic acids is 8. The summed E-state index contributed by atoms with van der Waals surface area (Å²) in [5, 5.41) is 23.0. The Kier molecular flexibility index (Phi) is 25.2. The van der Waals surface area contributed by atoms with Crippen molar-refractivity contribution in [2.75, 3.05) is 26.2 Å². The summed E-state index contributed by atoms with van der Waals surface area (Å²) >= 11 is 6.65. The van der Waals surface area contributed by atoms with Crippen LogP contribution in [0.25, 0.3) is 10.9 Å². The van der Waals surface area contributed by atoms with Gasteiger partial charge in [0.1, 0.15) is 36.3 Å². The van der Waals surface area contributed by atoms with Crippen molar-refractivity contribution < 1.29 is 43.1 Å². The molecule has 0 spiro atoms. The van der Waals surface area contributed by atoms with Gasteiger partial charge in [0.2, 0.25) is 47.3 Å². The highest BCUT2D eigenvalue weighted by Gasteiger charge is 2.35. The molecule has 0 bridgehead atoms. The fraction of sp³-hybridized carbons (Fsp3) is 0.418. The number of fused-ring (bicyclic) bond motifs is 1. The van der Waals surface area contributed by atoms with Gasteiger partial charge in [0.15, 0.2) is 11.9 Å². The lowest BCUT2D eigenvalue weighted by Crippen LogP contribution is -2.61.